The number of methoxy groups -OCH3 is 1. The number of benzene rings is 1. The van der Waals surface area contributed by atoms with Crippen LogP contribution in [0.4, 0.5) is 11.4 Å². The van der Waals surface area contributed by atoms with Crippen LogP contribution in [-0.2, 0) is 20.8 Å². The average Bonchev–Trinajstić information content (AvgIpc) is 3.20. The molecule has 2 heterocycles. The zero-order chi connectivity index (χ0) is 18.9. The van der Waals surface area contributed by atoms with Crippen molar-refractivity contribution in [3.63, 3.8) is 0 Å². The van der Waals surface area contributed by atoms with Crippen molar-refractivity contribution in [3.05, 3.63) is 48.4 Å². The fourth-order valence-corrected chi connectivity index (χ4v) is 3.04. The van der Waals surface area contributed by atoms with Gasteiger partial charge in [-0.15, -0.1) is 0 Å². The van der Waals surface area contributed by atoms with Gasteiger partial charge in [0.15, 0.2) is 0 Å². The van der Waals surface area contributed by atoms with Gasteiger partial charge in [-0.25, -0.2) is 0 Å². The predicted molar refractivity (Wildman–Crippen MR) is 104 cm³/mol. The molecular weight excluding hydrogens is 346 g/mol. The number of rotatable bonds is 9. The summed E-state index contributed by atoms with van der Waals surface area (Å²) in [5, 5.41) is 2.96. The Labute approximate surface area is 159 Å². The van der Waals surface area contributed by atoms with Gasteiger partial charge in [-0.05, 0) is 36.4 Å². The number of hydrogen-bond acceptors (Lipinski definition) is 6. The normalized spacial score (nSPS) is 14.5. The summed E-state index contributed by atoms with van der Waals surface area (Å²) in [5.74, 6) is 0.769. The van der Waals surface area contributed by atoms with Gasteiger partial charge in [0.2, 0.25) is 5.91 Å². The number of nitrogens with zero attached hydrogens (tertiary/aromatic N) is 2. The monoisotopic (exact) mass is 373 g/mol. The molecule has 27 heavy (non-hydrogen) atoms. The van der Waals surface area contributed by atoms with Crippen molar-refractivity contribution in [2.75, 3.05) is 63.3 Å². The minimum absolute atomic E-state index is 0.0585. The second-order valence-corrected chi connectivity index (χ2v) is 6.48. The maximum atomic E-state index is 12.4. The Bertz CT molecular complexity index is 682. The molecule has 1 aromatic carbocycles. The van der Waals surface area contributed by atoms with Crippen molar-refractivity contribution in [2.45, 2.75) is 6.54 Å². The fraction of sp³-hybridized carbons (Fsp3) is 0.450. The number of carbonyl (C=O) groups is 1. The van der Waals surface area contributed by atoms with E-state index in [-0.39, 0.29) is 12.5 Å². The average molecular weight is 373 g/mol. The van der Waals surface area contributed by atoms with Crippen LogP contribution in [-0.4, -0.2) is 63.9 Å². The van der Waals surface area contributed by atoms with Crippen LogP contribution < -0.4 is 10.2 Å². The van der Waals surface area contributed by atoms with Gasteiger partial charge in [0.25, 0.3) is 0 Å². The Morgan fingerprint density at radius 2 is 2.00 bits per heavy atom. The summed E-state index contributed by atoms with van der Waals surface area (Å²) in [7, 11) is 1.65. The third-order valence-electron chi connectivity index (χ3n) is 4.47. The highest BCUT2D eigenvalue weighted by molar-refractivity contribution is 5.92. The van der Waals surface area contributed by atoms with E-state index in [0.29, 0.717) is 19.7 Å². The third kappa shape index (κ3) is 6.09. The molecule has 1 N–H and O–H groups in total. The molecule has 0 spiro atoms. The number of nitrogens with one attached hydrogen (secondary N) is 1. The van der Waals surface area contributed by atoms with Crippen molar-refractivity contribution in [2.24, 2.45) is 0 Å². The molecule has 0 radical (unpaired) electrons. The van der Waals surface area contributed by atoms with Crippen molar-refractivity contribution >= 4 is 17.3 Å². The molecular formula is C20H27N3O4. The van der Waals surface area contributed by atoms with E-state index in [1.807, 2.05) is 41.3 Å². The molecule has 1 aliphatic heterocycles. The number of carbonyl (C=O) groups excluding carboxylic acids is 1. The van der Waals surface area contributed by atoms with Crippen LogP contribution in [0.15, 0.2) is 47.1 Å². The Balaban J connectivity index is 1.53. The first-order valence-electron chi connectivity index (χ1n) is 9.21. The second kappa shape index (κ2) is 10.1. The molecule has 1 saturated heterocycles. The first kappa shape index (κ1) is 19.4. The second-order valence-electron chi connectivity index (χ2n) is 6.48. The van der Waals surface area contributed by atoms with Crippen LogP contribution in [0.3, 0.4) is 0 Å². The van der Waals surface area contributed by atoms with Crippen LogP contribution in [0.25, 0.3) is 0 Å². The number of morpholine rings is 1. The fourth-order valence-electron chi connectivity index (χ4n) is 3.04. The SMILES string of the molecule is COCCN(CC(=O)Nc1ccc(N2CCOCC2)cc1)Cc1ccco1. The van der Waals surface area contributed by atoms with Gasteiger partial charge in [0, 0.05) is 38.1 Å². The van der Waals surface area contributed by atoms with E-state index in [9.17, 15) is 4.79 Å². The molecule has 7 heteroatoms. The van der Waals surface area contributed by atoms with E-state index < -0.39 is 0 Å². The number of ether oxygens (including phenoxy) is 2. The highest BCUT2D eigenvalue weighted by atomic mass is 16.5. The molecule has 146 valence electrons. The molecule has 0 atom stereocenters. The van der Waals surface area contributed by atoms with E-state index in [1.54, 1.807) is 13.4 Å². The van der Waals surface area contributed by atoms with E-state index in [4.69, 9.17) is 13.9 Å². The van der Waals surface area contributed by atoms with E-state index >= 15 is 0 Å². The van der Waals surface area contributed by atoms with Crippen LogP contribution in [0.2, 0.25) is 0 Å². The number of anilines is 2. The van der Waals surface area contributed by atoms with E-state index in [1.165, 1.54) is 0 Å². The summed E-state index contributed by atoms with van der Waals surface area (Å²) >= 11 is 0. The van der Waals surface area contributed by atoms with Gasteiger partial charge in [-0.2, -0.15) is 0 Å². The van der Waals surface area contributed by atoms with E-state index in [0.717, 1.165) is 43.4 Å². The molecule has 0 saturated carbocycles. The minimum Gasteiger partial charge on any atom is -0.468 e. The van der Waals surface area contributed by atoms with Crippen molar-refractivity contribution in [1.29, 1.82) is 0 Å². The maximum Gasteiger partial charge on any atom is 0.238 e. The Hall–Kier alpha value is -2.35. The lowest BCUT2D eigenvalue weighted by Crippen LogP contribution is -2.36. The summed E-state index contributed by atoms with van der Waals surface area (Å²) in [6.07, 6.45) is 1.64. The lowest BCUT2D eigenvalue weighted by atomic mass is 10.2. The molecule has 1 amide bonds. The molecule has 3 rings (SSSR count). The van der Waals surface area contributed by atoms with Gasteiger partial charge in [-0.3, -0.25) is 9.69 Å². The molecule has 1 aliphatic rings. The lowest BCUT2D eigenvalue weighted by Gasteiger charge is -2.29. The number of amides is 1. The Morgan fingerprint density at radius 3 is 2.67 bits per heavy atom. The summed E-state index contributed by atoms with van der Waals surface area (Å²) in [6, 6.07) is 11.7. The summed E-state index contributed by atoms with van der Waals surface area (Å²) < 4.78 is 15.9. The highest BCUT2D eigenvalue weighted by Gasteiger charge is 2.14. The van der Waals surface area contributed by atoms with Crippen molar-refractivity contribution in [1.82, 2.24) is 4.90 Å². The first-order chi connectivity index (χ1) is 13.2. The number of furan rings is 1. The summed E-state index contributed by atoms with van der Waals surface area (Å²) in [5.41, 5.74) is 1.94. The maximum absolute atomic E-state index is 12.4. The standard InChI is InChI=1S/C20H27N3O4/c1-25-12-8-22(15-19-3-2-11-27-19)16-20(24)21-17-4-6-18(7-5-17)23-9-13-26-14-10-23/h2-7,11H,8-10,12-16H2,1H3,(H,21,24). The van der Waals surface area contributed by atoms with Crippen LogP contribution in [0.1, 0.15) is 5.76 Å². The molecule has 0 aliphatic carbocycles. The van der Waals surface area contributed by atoms with Crippen molar-refractivity contribution in [3.8, 4) is 0 Å². The van der Waals surface area contributed by atoms with Gasteiger partial charge in [0.05, 0.1) is 39.2 Å². The zero-order valence-corrected chi connectivity index (χ0v) is 15.7. The highest BCUT2D eigenvalue weighted by Crippen LogP contribution is 2.19. The number of hydrogen-bond donors (Lipinski definition) is 1. The topological polar surface area (TPSA) is 67.2 Å². The van der Waals surface area contributed by atoms with Crippen LogP contribution >= 0.6 is 0 Å². The first-order valence-corrected chi connectivity index (χ1v) is 9.21. The quantitative estimate of drug-likeness (QED) is 0.727. The lowest BCUT2D eigenvalue weighted by molar-refractivity contribution is -0.117. The molecule has 7 nitrogen and oxygen atoms in total. The minimum atomic E-state index is -0.0585. The van der Waals surface area contributed by atoms with Crippen LogP contribution in [0, 0.1) is 0 Å². The Morgan fingerprint density at radius 1 is 1.22 bits per heavy atom. The van der Waals surface area contributed by atoms with Gasteiger partial charge >= 0.3 is 0 Å². The van der Waals surface area contributed by atoms with Gasteiger partial charge < -0.3 is 24.1 Å². The smallest absolute Gasteiger partial charge is 0.238 e. The summed E-state index contributed by atoms with van der Waals surface area (Å²) in [4.78, 5) is 16.7. The molecule has 1 aromatic heterocycles. The molecule has 2 aromatic rings. The van der Waals surface area contributed by atoms with Gasteiger partial charge in [-0.1, -0.05) is 0 Å². The predicted octanol–water partition coefficient (Wildman–Crippen LogP) is 2.20. The molecule has 0 unspecified atom stereocenters. The van der Waals surface area contributed by atoms with Crippen molar-refractivity contribution < 1.29 is 18.7 Å². The molecule has 1 fully saturated rings. The van der Waals surface area contributed by atoms with Crippen LogP contribution in [0.5, 0.6) is 0 Å². The zero-order valence-electron chi connectivity index (χ0n) is 15.7. The van der Waals surface area contributed by atoms with Gasteiger partial charge in [0.1, 0.15) is 5.76 Å². The Kier molecular flexibility index (Phi) is 7.27. The molecule has 0 bridgehead atoms. The van der Waals surface area contributed by atoms with E-state index in [2.05, 4.69) is 10.2 Å². The summed E-state index contributed by atoms with van der Waals surface area (Å²) in [6.45, 7) is 5.36. The largest absolute Gasteiger partial charge is 0.468 e. The third-order valence-corrected chi connectivity index (χ3v) is 4.47.